The Hall–Kier alpha value is -0.860. The van der Waals surface area contributed by atoms with Gasteiger partial charge >= 0.3 is 0 Å². The van der Waals surface area contributed by atoms with Gasteiger partial charge in [-0.15, -0.1) is 0 Å². The lowest BCUT2D eigenvalue weighted by atomic mass is 9.83. The summed E-state index contributed by atoms with van der Waals surface area (Å²) >= 11 is 0. The molecule has 3 unspecified atom stereocenters. The fraction of sp³-hybridized carbons (Fsp3) is 0.684. The number of likely N-dealkylation sites (tertiary alicyclic amines) is 1. The van der Waals surface area contributed by atoms with E-state index in [0.29, 0.717) is 6.04 Å². The molecule has 2 N–H and O–H groups in total. The summed E-state index contributed by atoms with van der Waals surface area (Å²) in [5.41, 5.74) is 9.49. The highest BCUT2D eigenvalue weighted by molar-refractivity contribution is 5.33. The standard InChI is InChI=1S/C19H30N2/c1-2-6-15-7-5-13-21(14-12-15)18-11-10-16-8-3-4-9-17(16)19(18)20/h3-4,8-9,15,18-19H,2,5-7,10-14,20H2,1H3. The zero-order valence-corrected chi connectivity index (χ0v) is 13.4. The topological polar surface area (TPSA) is 29.3 Å². The van der Waals surface area contributed by atoms with E-state index in [1.165, 1.54) is 69.2 Å². The zero-order chi connectivity index (χ0) is 14.7. The number of hydrogen-bond acceptors (Lipinski definition) is 2. The van der Waals surface area contributed by atoms with Crippen LogP contribution in [0.1, 0.15) is 62.6 Å². The number of benzene rings is 1. The molecule has 1 aliphatic heterocycles. The van der Waals surface area contributed by atoms with Crippen molar-refractivity contribution in [1.29, 1.82) is 0 Å². The maximum Gasteiger partial charge on any atom is 0.0455 e. The van der Waals surface area contributed by atoms with Crippen LogP contribution in [0.4, 0.5) is 0 Å². The molecule has 2 heteroatoms. The van der Waals surface area contributed by atoms with Gasteiger partial charge in [0.05, 0.1) is 0 Å². The molecule has 1 aromatic carbocycles. The van der Waals surface area contributed by atoms with E-state index >= 15 is 0 Å². The molecule has 0 amide bonds. The lowest BCUT2D eigenvalue weighted by Gasteiger charge is -2.39. The minimum Gasteiger partial charge on any atom is -0.323 e. The van der Waals surface area contributed by atoms with E-state index in [1.54, 1.807) is 0 Å². The Labute approximate surface area is 129 Å². The third kappa shape index (κ3) is 3.32. The average molecular weight is 286 g/mol. The number of nitrogens with zero attached hydrogens (tertiary/aromatic N) is 1. The maximum absolute atomic E-state index is 6.62. The van der Waals surface area contributed by atoms with E-state index < -0.39 is 0 Å². The fourth-order valence-electron chi connectivity index (χ4n) is 4.40. The van der Waals surface area contributed by atoms with Gasteiger partial charge in [0.15, 0.2) is 0 Å². The predicted octanol–water partition coefficient (Wildman–Crippen LogP) is 3.90. The highest BCUT2D eigenvalue weighted by Gasteiger charge is 2.31. The average Bonchev–Trinajstić information content (AvgIpc) is 2.74. The molecule has 0 spiro atoms. The summed E-state index contributed by atoms with van der Waals surface area (Å²) in [5, 5.41) is 0. The van der Waals surface area contributed by atoms with Crippen molar-refractivity contribution < 1.29 is 0 Å². The van der Waals surface area contributed by atoms with Crippen LogP contribution in [0.15, 0.2) is 24.3 Å². The van der Waals surface area contributed by atoms with E-state index in [2.05, 4.69) is 36.1 Å². The Kier molecular flexibility index (Phi) is 4.97. The van der Waals surface area contributed by atoms with Gasteiger partial charge in [-0.3, -0.25) is 4.90 Å². The van der Waals surface area contributed by atoms with Crippen molar-refractivity contribution in [3.8, 4) is 0 Å². The molecule has 116 valence electrons. The second-order valence-electron chi connectivity index (χ2n) is 6.95. The highest BCUT2D eigenvalue weighted by Crippen LogP contribution is 2.33. The molecular weight excluding hydrogens is 256 g/mol. The van der Waals surface area contributed by atoms with E-state index in [-0.39, 0.29) is 6.04 Å². The normalized spacial score (nSPS) is 30.7. The van der Waals surface area contributed by atoms with Crippen molar-refractivity contribution >= 4 is 0 Å². The lowest BCUT2D eigenvalue weighted by molar-refractivity contribution is 0.158. The highest BCUT2D eigenvalue weighted by atomic mass is 15.2. The van der Waals surface area contributed by atoms with Gasteiger partial charge < -0.3 is 5.73 Å². The van der Waals surface area contributed by atoms with Gasteiger partial charge in [-0.2, -0.15) is 0 Å². The number of rotatable bonds is 3. The summed E-state index contributed by atoms with van der Waals surface area (Å²) in [6, 6.07) is 9.54. The van der Waals surface area contributed by atoms with E-state index in [9.17, 15) is 0 Å². The molecule has 3 atom stereocenters. The molecule has 3 rings (SSSR count). The smallest absolute Gasteiger partial charge is 0.0455 e. The first kappa shape index (κ1) is 15.1. The van der Waals surface area contributed by atoms with Crippen molar-refractivity contribution in [3.05, 3.63) is 35.4 Å². The van der Waals surface area contributed by atoms with Crippen molar-refractivity contribution in [3.63, 3.8) is 0 Å². The molecule has 0 bridgehead atoms. The van der Waals surface area contributed by atoms with E-state index in [0.717, 1.165) is 5.92 Å². The van der Waals surface area contributed by atoms with Crippen LogP contribution in [0.5, 0.6) is 0 Å². The summed E-state index contributed by atoms with van der Waals surface area (Å²) in [6.07, 6.45) is 9.32. The zero-order valence-electron chi connectivity index (χ0n) is 13.4. The molecule has 1 aliphatic carbocycles. The van der Waals surface area contributed by atoms with Crippen LogP contribution in [0.25, 0.3) is 0 Å². The Morgan fingerprint density at radius 1 is 1.14 bits per heavy atom. The maximum atomic E-state index is 6.62. The quantitative estimate of drug-likeness (QED) is 0.913. The first-order chi connectivity index (χ1) is 10.3. The monoisotopic (exact) mass is 286 g/mol. The van der Waals surface area contributed by atoms with E-state index in [4.69, 9.17) is 5.73 Å². The molecule has 0 radical (unpaired) electrons. The van der Waals surface area contributed by atoms with Crippen LogP contribution in [0, 0.1) is 5.92 Å². The first-order valence-electron chi connectivity index (χ1n) is 8.87. The number of aryl methyl sites for hydroxylation is 1. The summed E-state index contributed by atoms with van der Waals surface area (Å²) in [7, 11) is 0. The Bertz CT molecular complexity index is 457. The second kappa shape index (κ2) is 6.93. The second-order valence-corrected chi connectivity index (χ2v) is 6.95. The van der Waals surface area contributed by atoms with Crippen molar-refractivity contribution in [1.82, 2.24) is 4.90 Å². The molecule has 0 aromatic heterocycles. The predicted molar refractivity (Wildman–Crippen MR) is 89.3 cm³/mol. The van der Waals surface area contributed by atoms with Crippen LogP contribution in [-0.4, -0.2) is 24.0 Å². The Morgan fingerprint density at radius 2 is 2.00 bits per heavy atom. The molecule has 2 aliphatic rings. The lowest BCUT2D eigenvalue weighted by Crippen LogP contribution is -2.45. The van der Waals surface area contributed by atoms with Gasteiger partial charge in [-0.05, 0) is 62.2 Å². The minimum absolute atomic E-state index is 0.206. The Morgan fingerprint density at radius 3 is 2.86 bits per heavy atom. The minimum atomic E-state index is 0.206. The molecule has 2 nitrogen and oxygen atoms in total. The van der Waals surface area contributed by atoms with Crippen LogP contribution < -0.4 is 5.73 Å². The molecule has 1 fully saturated rings. The summed E-state index contributed by atoms with van der Waals surface area (Å²) < 4.78 is 0. The van der Waals surface area contributed by atoms with Gasteiger partial charge in [-0.25, -0.2) is 0 Å². The largest absolute Gasteiger partial charge is 0.323 e. The van der Waals surface area contributed by atoms with Gasteiger partial charge in [0, 0.05) is 12.1 Å². The fourth-order valence-corrected chi connectivity index (χ4v) is 4.40. The number of nitrogens with two attached hydrogens (primary N) is 1. The first-order valence-corrected chi connectivity index (χ1v) is 8.87. The summed E-state index contributed by atoms with van der Waals surface area (Å²) in [5.74, 6) is 0.951. The van der Waals surface area contributed by atoms with Crippen molar-refractivity contribution in [2.24, 2.45) is 11.7 Å². The van der Waals surface area contributed by atoms with Gasteiger partial charge in [0.1, 0.15) is 0 Å². The van der Waals surface area contributed by atoms with Crippen molar-refractivity contribution in [2.75, 3.05) is 13.1 Å². The van der Waals surface area contributed by atoms with E-state index in [1.807, 2.05) is 0 Å². The molecule has 21 heavy (non-hydrogen) atoms. The van der Waals surface area contributed by atoms with Gasteiger partial charge in [-0.1, -0.05) is 44.0 Å². The van der Waals surface area contributed by atoms with Crippen LogP contribution in [0.2, 0.25) is 0 Å². The third-order valence-corrected chi connectivity index (χ3v) is 5.59. The number of hydrogen-bond donors (Lipinski definition) is 1. The van der Waals surface area contributed by atoms with Gasteiger partial charge in [0.25, 0.3) is 0 Å². The molecule has 0 saturated carbocycles. The van der Waals surface area contributed by atoms with Crippen LogP contribution in [-0.2, 0) is 6.42 Å². The third-order valence-electron chi connectivity index (χ3n) is 5.59. The summed E-state index contributed by atoms with van der Waals surface area (Å²) in [6.45, 7) is 4.82. The Balaban J connectivity index is 1.67. The van der Waals surface area contributed by atoms with Crippen LogP contribution >= 0.6 is 0 Å². The summed E-state index contributed by atoms with van der Waals surface area (Å²) in [4.78, 5) is 2.70. The molecule has 1 aromatic rings. The van der Waals surface area contributed by atoms with Gasteiger partial charge in [0.2, 0.25) is 0 Å². The number of fused-ring (bicyclic) bond motifs is 1. The van der Waals surface area contributed by atoms with Crippen LogP contribution in [0.3, 0.4) is 0 Å². The SMILES string of the molecule is CCCC1CCCN(C2CCc3ccccc3C2N)CC1. The van der Waals surface area contributed by atoms with Crippen molar-refractivity contribution in [2.45, 2.75) is 64.0 Å². The molecular formula is C19H30N2. The molecule has 1 heterocycles. The molecule has 1 saturated heterocycles.